The number of sulfonamides is 1. The molecule has 1 aromatic carbocycles. The van der Waals surface area contributed by atoms with Crippen molar-refractivity contribution in [3.8, 4) is 0 Å². The van der Waals surface area contributed by atoms with E-state index in [9.17, 15) is 8.42 Å². The van der Waals surface area contributed by atoms with Crippen molar-refractivity contribution in [2.24, 2.45) is 5.92 Å². The second-order valence-electron chi connectivity index (χ2n) is 5.33. The fraction of sp³-hybridized carbons (Fsp3) is 0.571. The van der Waals surface area contributed by atoms with E-state index in [1.165, 1.54) is 6.42 Å². The van der Waals surface area contributed by atoms with Crippen molar-refractivity contribution in [3.63, 3.8) is 0 Å². The molecule has 106 valence electrons. The molecule has 0 aromatic heterocycles. The van der Waals surface area contributed by atoms with Crippen LogP contribution in [0.4, 0.5) is 5.69 Å². The van der Waals surface area contributed by atoms with Gasteiger partial charge < -0.3 is 5.73 Å². The maximum absolute atomic E-state index is 12.3. The highest BCUT2D eigenvalue weighted by Crippen LogP contribution is 2.27. The van der Waals surface area contributed by atoms with E-state index in [0.717, 1.165) is 25.7 Å². The van der Waals surface area contributed by atoms with Crippen molar-refractivity contribution >= 4 is 15.7 Å². The van der Waals surface area contributed by atoms with Crippen LogP contribution in [0, 0.1) is 5.92 Å². The van der Waals surface area contributed by atoms with Crippen molar-refractivity contribution in [2.45, 2.75) is 50.0 Å². The summed E-state index contributed by atoms with van der Waals surface area (Å²) >= 11 is 0. The number of rotatable bonds is 4. The second-order valence-corrected chi connectivity index (χ2v) is 7.04. The number of hydrogen-bond donors (Lipinski definition) is 2. The Labute approximate surface area is 115 Å². The van der Waals surface area contributed by atoms with Crippen molar-refractivity contribution in [3.05, 3.63) is 24.3 Å². The van der Waals surface area contributed by atoms with Gasteiger partial charge >= 0.3 is 0 Å². The molecule has 1 aliphatic carbocycles. The Bertz CT molecular complexity index is 511. The molecule has 0 spiro atoms. The summed E-state index contributed by atoms with van der Waals surface area (Å²) < 4.78 is 27.3. The molecule has 1 aliphatic rings. The molecule has 0 bridgehead atoms. The highest BCUT2D eigenvalue weighted by Gasteiger charge is 2.25. The average Bonchev–Trinajstić information content (AvgIpc) is 2.39. The van der Waals surface area contributed by atoms with Gasteiger partial charge in [-0.15, -0.1) is 0 Å². The second kappa shape index (κ2) is 5.92. The van der Waals surface area contributed by atoms with Crippen LogP contribution < -0.4 is 10.5 Å². The molecule has 1 aromatic rings. The number of nitrogens with one attached hydrogen (secondary N) is 1. The third-order valence-corrected chi connectivity index (χ3v) is 5.41. The molecule has 0 radical (unpaired) electrons. The van der Waals surface area contributed by atoms with Crippen LogP contribution in [0.5, 0.6) is 0 Å². The predicted molar refractivity (Wildman–Crippen MR) is 77.2 cm³/mol. The Morgan fingerprint density at radius 1 is 1.26 bits per heavy atom. The van der Waals surface area contributed by atoms with Gasteiger partial charge in [-0.05, 0) is 43.0 Å². The Balaban J connectivity index is 2.06. The maximum Gasteiger partial charge on any atom is 0.240 e. The summed E-state index contributed by atoms with van der Waals surface area (Å²) in [6.45, 7) is 2.17. The Morgan fingerprint density at radius 3 is 2.58 bits per heavy atom. The quantitative estimate of drug-likeness (QED) is 0.833. The zero-order valence-corrected chi connectivity index (χ0v) is 12.1. The first-order valence-corrected chi connectivity index (χ1v) is 8.37. The molecule has 3 N–H and O–H groups in total. The van der Waals surface area contributed by atoms with Crippen molar-refractivity contribution in [2.75, 3.05) is 5.73 Å². The SMILES string of the molecule is CCC1CCCC(NS(=O)(=O)c2ccc(N)cc2)C1. The minimum atomic E-state index is -3.41. The van der Waals surface area contributed by atoms with Crippen LogP contribution in [0.25, 0.3) is 0 Å². The van der Waals surface area contributed by atoms with Crippen LogP contribution in [0.3, 0.4) is 0 Å². The van der Waals surface area contributed by atoms with Crippen molar-refractivity contribution < 1.29 is 8.42 Å². The number of nitrogen functional groups attached to an aromatic ring is 1. The summed E-state index contributed by atoms with van der Waals surface area (Å²) in [5, 5.41) is 0. The third kappa shape index (κ3) is 3.70. The fourth-order valence-corrected chi connectivity index (χ4v) is 3.99. The van der Waals surface area contributed by atoms with Gasteiger partial charge in [0.25, 0.3) is 0 Å². The molecule has 1 fully saturated rings. The molecule has 2 unspecified atom stereocenters. The minimum absolute atomic E-state index is 0.0706. The molecule has 5 heteroatoms. The third-order valence-electron chi connectivity index (χ3n) is 3.87. The summed E-state index contributed by atoms with van der Waals surface area (Å²) in [7, 11) is -3.41. The maximum atomic E-state index is 12.3. The van der Waals surface area contributed by atoms with E-state index in [-0.39, 0.29) is 6.04 Å². The lowest BCUT2D eigenvalue weighted by Crippen LogP contribution is -2.38. The van der Waals surface area contributed by atoms with Gasteiger partial charge in [-0.2, -0.15) is 0 Å². The summed E-state index contributed by atoms with van der Waals surface area (Å²) in [6, 6.07) is 6.41. The fourth-order valence-electron chi connectivity index (χ4n) is 2.70. The normalized spacial score (nSPS) is 24.3. The van der Waals surface area contributed by atoms with Crippen LogP contribution in [0.1, 0.15) is 39.0 Å². The lowest BCUT2D eigenvalue weighted by Gasteiger charge is -2.28. The van der Waals surface area contributed by atoms with Gasteiger partial charge in [0.1, 0.15) is 0 Å². The first-order valence-electron chi connectivity index (χ1n) is 6.89. The van der Waals surface area contributed by atoms with Gasteiger partial charge in [-0.3, -0.25) is 0 Å². The van der Waals surface area contributed by atoms with E-state index >= 15 is 0 Å². The molecular formula is C14H22N2O2S. The topological polar surface area (TPSA) is 72.2 Å². The van der Waals surface area contributed by atoms with Crippen LogP contribution in [0.2, 0.25) is 0 Å². The molecule has 2 atom stereocenters. The zero-order valence-electron chi connectivity index (χ0n) is 11.3. The molecule has 0 amide bonds. The molecule has 2 rings (SSSR count). The van der Waals surface area contributed by atoms with E-state index in [1.54, 1.807) is 24.3 Å². The Morgan fingerprint density at radius 2 is 1.95 bits per heavy atom. The van der Waals surface area contributed by atoms with Crippen LogP contribution >= 0.6 is 0 Å². The van der Waals surface area contributed by atoms with Crippen molar-refractivity contribution in [1.29, 1.82) is 0 Å². The molecular weight excluding hydrogens is 260 g/mol. The molecule has 0 heterocycles. The van der Waals surface area contributed by atoms with Gasteiger partial charge in [-0.1, -0.05) is 26.2 Å². The monoisotopic (exact) mass is 282 g/mol. The van der Waals surface area contributed by atoms with Crippen molar-refractivity contribution in [1.82, 2.24) is 4.72 Å². The molecule has 1 saturated carbocycles. The average molecular weight is 282 g/mol. The van der Waals surface area contributed by atoms with Gasteiger partial charge in [0.2, 0.25) is 10.0 Å². The largest absolute Gasteiger partial charge is 0.399 e. The first kappa shape index (κ1) is 14.3. The zero-order chi connectivity index (χ0) is 13.9. The first-order chi connectivity index (χ1) is 9.01. The summed E-state index contributed by atoms with van der Waals surface area (Å²) in [5.41, 5.74) is 6.15. The molecule has 0 aliphatic heterocycles. The lowest BCUT2D eigenvalue weighted by atomic mass is 9.85. The van der Waals surface area contributed by atoms with Gasteiger partial charge in [0.15, 0.2) is 0 Å². The number of benzene rings is 1. The lowest BCUT2D eigenvalue weighted by molar-refractivity contribution is 0.301. The van der Waals surface area contributed by atoms with Crippen LogP contribution in [0.15, 0.2) is 29.2 Å². The van der Waals surface area contributed by atoms with Crippen LogP contribution in [-0.4, -0.2) is 14.5 Å². The van der Waals surface area contributed by atoms with Gasteiger partial charge in [0.05, 0.1) is 4.90 Å². The van der Waals surface area contributed by atoms with E-state index in [0.29, 0.717) is 16.5 Å². The predicted octanol–water partition coefficient (Wildman–Crippen LogP) is 2.52. The standard InChI is InChI=1S/C14H22N2O2S/c1-2-11-4-3-5-13(10-11)16-19(17,18)14-8-6-12(15)7-9-14/h6-9,11,13,16H,2-5,10,15H2,1H3. The Kier molecular flexibility index (Phi) is 4.47. The summed E-state index contributed by atoms with van der Waals surface area (Å²) in [4.78, 5) is 0.292. The van der Waals surface area contributed by atoms with Gasteiger partial charge in [0, 0.05) is 11.7 Å². The molecule has 0 saturated heterocycles. The number of nitrogens with two attached hydrogens (primary N) is 1. The van der Waals surface area contributed by atoms with E-state index < -0.39 is 10.0 Å². The van der Waals surface area contributed by atoms with E-state index in [2.05, 4.69) is 11.6 Å². The van der Waals surface area contributed by atoms with E-state index in [1.807, 2.05) is 0 Å². The highest BCUT2D eigenvalue weighted by atomic mass is 32.2. The smallest absolute Gasteiger partial charge is 0.240 e. The van der Waals surface area contributed by atoms with Crippen LogP contribution in [-0.2, 0) is 10.0 Å². The van der Waals surface area contributed by atoms with E-state index in [4.69, 9.17) is 5.73 Å². The highest BCUT2D eigenvalue weighted by molar-refractivity contribution is 7.89. The molecule has 19 heavy (non-hydrogen) atoms. The Hall–Kier alpha value is -1.07. The van der Waals surface area contributed by atoms with Gasteiger partial charge in [-0.25, -0.2) is 13.1 Å². The summed E-state index contributed by atoms with van der Waals surface area (Å²) in [5.74, 6) is 0.646. The number of anilines is 1. The number of hydrogen-bond acceptors (Lipinski definition) is 3. The minimum Gasteiger partial charge on any atom is -0.399 e. The summed E-state index contributed by atoms with van der Waals surface area (Å²) in [6.07, 6.45) is 5.33. The molecule has 4 nitrogen and oxygen atoms in total.